The number of rotatable bonds is 5. The molecule has 172 valence electrons. The summed E-state index contributed by atoms with van der Waals surface area (Å²) in [4.78, 5) is 21.0. The molecule has 0 spiro atoms. The van der Waals surface area contributed by atoms with Gasteiger partial charge in [0.1, 0.15) is 0 Å². The Hall–Kier alpha value is -3.49. The lowest BCUT2D eigenvalue weighted by molar-refractivity contribution is 0.0630. The molecule has 0 saturated carbocycles. The van der Waals surface area contributed by atoms with Gasteiger partial charge in [0.2, 0.25) is 5.95 Å². The Labute approximate surface area is 195 Å². The Morgan fingerprint density at radius 2 is 2.12 bits per heavy atom. The van der Waals surface area contributed by atoms with Crippen LogP contribution in [-0.4, -0.2) is 46.6 Å². The van der Waals surface area contributed by atoms with Crippen LogP contribution in [0, 0.1) is 29.1 Å². The number of fused-ring (bicyclic) bond motifs is 1. The van der Waals surface area contributed by atoms with Crippen LogP contribution in [0.4, 0.5) is 11.8 Å². The van der Waals surface area contributed by atoms with Crippen molar-refractivity contribution in [3.05, 3.63) is 41.1 Å². The third-order valence-corrected chi connectivity index (χ3v) is 6.08. The number of hydrogen-bond acceptors (Lipinski definition) is 6. The van der Waals surface area contributed by atoms with Crippen LogP contribution in [0.3, 0.4) is 0 Å². The van der Waals surface area contributed by atoms with E-state index in [1.807, 2.05) is 35.8 Å². The summed E-state index contributed by atoms with van der Waals surface area (Å²) < 4.78 is 1.96. The monoisotopic (exact) mass is 445 g/mol. The largest absolute Gasteiger partial charge is 0.367 e. The van der Waals surface area contributed by atoms with E-state index in [1.54, 1.807) is 5.01 Å². The van der Waals surface area contributed by atoms with Crippen molar-refractivity contribution >= 4 is 17.7 Å². The molecule has 2 N–H and O–H groups in total. The second-order valence-corrected chi connectivity index (χ2v) is 8.70. The van der Waals surface area contributed by atoms with Gasteiger partial charge in [-0.25, -0.2) is 5.43 Å². The van der Waals surface area contributed by atoms with Crippen molar-refractivity contribution in [2.24, 2.45) is 5.92 Å². The van der Waals surface area contributed by atoms with Gasteiger partial charge in [0, 0.05) is 26.2 Å². The standard InChI is InChI=1S/C25H31N7O/c1-3-4-15-31-22-23(29-25(31)30-14-6-7-19(2)17-30)27-12-13-28-32(24(22)33)18-21-9-5-8-20(16-21)10-11-26/h5,8-9,16,19,27-28H,6-7,10,12-15,17-18H2,1-2H3/t19-/m1/s1. The van der Waals surface area contributed by atoms with Gasteiger partial charge >= 0.3 is 0 Å². The molecule has 1 aromatic heterocycles. The average Bonchev–Trinajstić information content (AvgIpc) is 3.16. The molecule has 0 aliphatic carbocycles. The van der Waals surface area contributed by atoms with Crippen LogP contribution >= 0.6 is 0 Å². The van der Waals surface area contributed by atoms with Crippen molar-refractivity contribution in [1.29, 1.82) is 5.26 Å². The number of benzene rings is 1. The summed E-state index contributed by atoms with van der Waals surface area (Å²) >= 11 is 0. The Bertz CT molecular complexity index is 1100. The van der Waals surface area contributed by atoms with Crippen LogP contribution in [0.25, 0.3) is 0 Å². The van der Waals surface area contributed by atoms with Crippen LogP contribution in [0.1, 0.15) is 48.3 Å². The molecule has 0 radical (unpaired) electrons. The highest BCUT2D eigenvalue weighted by molar-refractivity contribution is 5.98. The molecule has 1 saturated heterocycles. The van der Waals surface area contributed by atoms with E-state index in [0.717, 1.165) is 36.6 Å². The van der Waals surface area contributed by atoms with Crippen molar-refractivity contribution in [2.45, 2.75) is 46.2 Å². The molecule has 1 amide bonds. The van der Waals surface area contributed by atoms with E-state index in [0.29, 0.717) is 50.0 Å². The molecule has 0 bridgehead atoms. The lowest BCUT2D eigenvalue weighted by Gasteiger charge is -2.32. The van der Waals surface area contributed by atoms with Gasteiger partial charge in [-0.15, -0.1) is 5.92 Å². The quantitative estimate of drug-likeness (QED) is 0.688. The smallest absolute Gasteiger partial charge is 0.288 e. The first kappa shape index (κ1) is 22.7. The first-order chi connectivity index (χ1) is 16.1. The number of aromatic nitrogens is 2. The van der Waals surface area contributed by atoms with Gasteiger partial charge in [0.05, 0.1) is 25.6 Å². The zero-order valence-corrected chi connectivity index (χ0v) is 19.4. The van der Waals surface area contributed by atoms with E-state index in [1.165, 1.54) is 6.42 Å². The first-order valence-corrected chi connectivity index (χ1v) is 11.6. The van der Waals surface area contributed by atoms with E-state index < -0.39 is 0 Å². The number of anilines is 2. The molecule has 1 aromatic carbocycles. The highest BCUT2D eigenvalue weighted by atomic mass is 16.2. The molecular formula is C25H31N7O. The molecule has 0 unspecified atom stereocenters. The number of carbonyl (C=O) groups excluding carboxylic acids is 1. The van der Waals surface area contributed by atoms with E-state index >= 15 is 0 Å². The van der Waals surface area contributed by atoms with Crippen molar-refractivity contribution in [3.8, 4) is 17.9 Å². The number of nitrogens with zero attached hydrogens (tertiary/aromatic N) is 5. The molecule has 4 rings (SSSR count). The number of amides is 1. The summed E-state index contributed by atoms with van der Waals surface area (Å²) in [6.07, 6.45) is 2.68. The SMILES string of the molecule is CC#CCn1c(N2CCC[C@@H](C)C2)nc2c1C(=O)N(Cc1cccc(CC#N)c1)NCCN2. The Balaban J connectivity index is 1.69. The number of nitrogens with one attached hydrogen (secondary N) is 2. The van der Waals surface area contributed by atoms with Crippen LogP contribution in [0.5, 0.6) is 0 Å². The van der Waals surface area contributed by atoms with Gasteiger partial charge in [-0.2, -0.15) is 10.2 Å². The molecule has 2 aliphatic rings. The van der Waals surface area contributed by atoms with E-state index in [4.69, 9.17) is 10.2 Å². The van der Waals surface area contributed by atoms with Gasteiger partial charge in [-0.1, -0.05) is 37.1 Å². The summed E-state index contributed by atoms with van der Waals surface area (Å²) in [6, 6.07) is 10.0. The molecular weight excluding hydrogens is 414 g/mol. The van der Waals surface area contributed by atoms with Gasteiger partial charge < -0.3 is 10.2 Å². The molecule has 2 aliphatic heterocycles. The van der Waals surface area contributed by atoms with Gasteiger partial charge in [-0.3, -0.25) is 14.4 Å². The van der Waals surface area contributed by atoms with E-state index in [2.05, 4.69) is 40.5 Å². The first-order valence-electron chi connectivity index (χ1n) is 11.6. The lowest BCUT2D eigenvalue weighted by Crippen LogP contribution is -2.46. The number of hydrogen-bond donors (Lipinski definition) is 2. The predicted octanol–water partition coefficient (Wildman–Crippen LogP) is 2.78. The minimum absolute atomic E-state index is 0.135. The Morgan fingerprint density at radius 1 is 1.27 bits per heavy atom. The summed E-state index contributed by atoms with van der Waals surface area (Å²) in [6.45, 7) is 8.00. The summed E-state index contributed by atoms with van der Waals surface area (Å²) in [7, 11) is 0. The molecule has 8 nitrogen and oxygen atoms in total. The van der Waals surface area contributed by atoms with Crippen LogP contribution < -0.4 is 15.6 Å². The fraction of sp³-hybridized carbons (Fsp3) is 0.480. The minimum atomic E-state index is -0.135. The number of carbonyl (C=O) groups is 1. The molecule has 8 heteroatoms. The van der Waals surface area contributed by atoms with Gasteiger partial charge in [-0.05, 0) is 36.8 Å². The zero-order valence-electron chi connectivity index (χ0n) is 19.4. The molecule has 3 heterocycles. The maximum Gasteiger partial charge on any atom is 0.288 e. The van der Waals surface area contributed by atoms with E-state index in [9.17, 15) is 4.79 Å². The minimum Gasteiger partial charge on any atom is -0.367 e. The number of hydrazine groups is 1. The number of piperidine rings is 1. The zero-order chi connectivity index (χ0) is 23.2. The second-order valence-electron chi connectivity index (χ2n) is 8.70. The maximum absolute atomic E-state index is 13.8. The van der Waals surface area contributed by atoms with Crippen LogP contribution in [0.15, 0.2) is 24.3 Å². The average molecular weight is 446 g/mol. The fourth-order valence-electron chi connectivity index (χ4n) is 4.51. The molecule has 1 atom stereocenters. The van der Waals surface area contributed by atoms with Crippen molar-refractivity contribution < 1.29 is 4.79 Å². The van der Waals surface area contributed by atoms with E-state index in [-0.39, 0.29) is 5.91 Å². The lowest BCUT2D eigenvalue weighted by atomic mass is 10.0. The maximum atomic E-state index is 13.8. The molecule has 2 aromatic rings. The Morgan fingerprint density at radius 3 is 2.91 bits per heavy atom. The van der Waals surface area contributed by atoms with Crippen molar-refractivity contribution in [2.75, 3.05) is 36.4 Å². The topological polar surface area (TPSA) is 89.2 Å². The van der Waals surface area contributed by atoms with Gasteiger partial charge in [0.25, 0.3) is 5.91 Å². The molecule has 33 heavy (non-hydrogen) atoms. The predicted molar refractivity (Wildman–Crippen MR) is 128 cm³/mol. The summed E-state index contributed by atoms with van der Waals surface area (Å²) in [5.41, 5.74) is 5.71. The number of nitriles is 1. The van der Waals surface area contributed by atoms with Crippen molar-refractivity contribution in [3.63, 3.8) is 0 Å². The fourth-order valence-corrected chi connectivity index (χ4v) is 4.51. The summed E-state index contributed by atoms with van der Waals surface area (Å²) in [5, 5.41) is 14.0. The third-order valence-electron chi connectivity index (χ3n) is 6.08. The third kappa shape index (κ3) is 5.13. The van der Waals surface area contributed by atoms with Crippen LogP contribution in [-0.2, 0) is 19.5 Å². The Kier molecular flexibility index (Phi) is 7.16. The highest BCUT2D eigenvalue weighted by Crippen LogP contribution is 2.29. The van der Waals surface area contributed by atoms with Gasteiger partial charge in [0.15, 0.2) is 11.5 Å². The normalized spacial score (nSPS) is 18.3. The second kappa shape index (κ2) is 10.4. The van der Waals surface area contributed by atoms with Crippen molar-refractivity contribution in [1.82, 2.24) is 20.0 Å². The number of imidazole rings is 1. The van der Waals surface area contributed by atoms with Crippen LogP contribution in [0.2, 0.25) is 0 Å². The molecule has 1 fully saturated rings. The summed E-state index contributed by atoms with van der Waals surface area (Å²) in [5.74, 6) is 7.98. The highest BCUT2D eigenvalue weighted by Gasteiger charge is 2.31.